The Morgan fingerprint density at radius 2 is 1.77 bits per heavy atom. The number of pyridine rings is 2. The number of halogens is 1. The summed E-state index contributed by atoms with van der Waals surface area (Å²) in [5.74, 6) is 1.97. The highest BCUT2D eigenvalue weighted by Crippen LogP contribution is 2.30. The van der Waals surface area contributed by atoms with Crippen LogP contribution in [-0.4, -0.2) is 38.9 Å². The van der Waals surface area contributed by atoms with Crippen LogP contribution in [0, 0.1) is 5.82 Å². The van der Waals surface area contributed by atoms with Gasteiger partial charge in [0.2, 0.25) is 11.9 Å². The largest absolute Gasteiger partial charge is 0.356 e. The van der Waals surface area contributed by atoms with Crippen LogP contribution in [0.1, 0.15) is 12.8 Å². The third-order valence-corrected chi connectivity index (χ3v) is 5.49. The van der Waals surface area contributed by atoms with Crippen LogP contribution in [0.25, 0.3) is 10.9 Å². The highest BCUT2D eigenvalue weighted by Gasteiger charge is 2.19. The summed E-state index contributed by atoms with van der Waals surface area (Å²) in [6.45, 7) is 5.23. The van der Waals surface area contributed by atoms with E-state index in [0.717, 1.165) is 37.1 Å². The second kappa shape index (κ2) is 9.72. The van der Waals surface area contributed by atoms with Gasteiger partial charge in [-0.25, -0.2) is 19.3 Å². The molecule has 4 aromatic rings. The molecule has 9 nitrogen and oxygen atoms in total. The Bertz CT molecular complexity index is 1400. The summed E-state index contributed by atoms with van der Waals surface area (Å²) in [4.78, 5) is 32.0. The van der Waals surface area contributed by atoms with Gasteiger partial charge in [0, 0.05) is 24.2 Å². The standard InChI is InChI=1S/C25H23FN8O/c1-2-23(35)32-21-10-6-9-20(30-21)31-22-14-18-19(15-27-22)29-25(28-17-8-5-7-16(26)13-17)33-24(18)34-11-3-4-12-34/h2,5-10,13-15H,1,3-4,11-12H2,(H,28,29,33)(H2,27,30,31,32,35). The number of anilines is 6. The fourth-order valence-corrected chi connectivity index (χ4v) is 3.89. The van der Waals surface area contributed by atoms with E-state index in [1.807, 2.05) is 6.07 Å². The van der Waals surface area contributed by atoms with E-state index in [0.29, 0.717) is 34.6 Å². The number of benzene rings is 1. The summed E-state index contributed by atoms with van der Waals surface area (Å²) < 4.78 is 13.6. The molecular weight excluding hydrogens is 447 g/mol. The highest BCUT2D eigenvalue weighted by atomic mass is 19.1. The molecule has 176 valence electrons. The zero-order chi connectivity index (χ0) is 24.2. The summed E-state index contributed by atoms with van der Waals surface area (Å²) in [7, 11) is 0. The maximum Gasteiger partial charge on any atom is 0.248 e. The molecule has 0 unspecified atom stereocenters. The maximum atomic E-state index is 13.6. The molecule has 10 heteroatoms. The third-order valence-electron chi connectivity index (χ3n) is 5.49. The Morgan fingerprint density at radius 1 is 0.971 bits per heavy atom. The number of fused-ring (bicyclic) bond motifs is 1. The first-order valence-corrected chi connectivity index (χ1v) is 11.2. The quantitative estimate of drug-likeness (QED) is 0.332. The van der Waals surface area contributed by atoms with Crippen molar-refractivity contribution in [1.29, 1.82) is 0 Å². The molecule has 3 N–H and O–H groups in total. The first-order valence-electron chi connectivity index (χ1n) is 11.2. The first kappa shape index (κ1) is 22.2. The van der Waals surface area contributed by atoms with Crippen LogP contribution in [0.2, 0.25) is 0 Å². The molecule has 5 rings (SSSR count). The van der Waals surface area contributed by atoms with E-state index in [9.17, 15) is 9.18 Å². The van der Waals surface area contributed by atoms with Crippen molar-refractivity contribution >= 4 is 51.7 Å². The van der Waals surface area contributed by atoms with Crippen LogP contribution < -0.4 is 20.9 Å². The summed E-state index contributed by atoms with van der Waals surface area (Å²) in [6, 6.07) is 13.3. The molecule has 1 amide bonds. The van der Waals surface area contributed by atoms with Crippen LogP contribution >= 0.6 is 0 Å². The molecule has 0 radical (unpaired) electrons. The lowest BCUT2D eigenvalue weighted by atomic mass is 10.2. The van der Waals surface area contributed by atoms with Gasteiger partial charge in [-0.15, -0.1) is 0 Å². The minimum Gasteiger partial charge on any atom is -0.356 e. The molecule has 0 spiro atoms. The van der Waals surface area contributed by atoms with Crippen molar-refractivity contribution in [3.8, 4) is 0 Å². The lowest BCUT2D eigenvalue weighted by molar-refractivity contribution is -0.111. The lowest BCUT2D eigenvalue weighted by Gasteiger charge is -2.20. The first-order chi connectivity index (χ1) is 17.1. The lowest BCUT2D eigenvalue weighted by Crippen LogP contribution is -2.20. The average molecular weight is 471 g/mol. The minimum absolute atomic E-state index is 0.338. The zero-order valence-electron chi connectivity index (χ0n) is 18.8. The number of carbonyl (C=O) groups is 1. The number of amides is 1. The third kappa shape index (κ3) is 5.16. The second-order valence-corrected chi connectivity index (χ2v) is 8.01. The minimum atomic E-state index is -0.339. The van der Waals surface area contributed by atoms with E-state index in [4.69, 9.17) is 4.98 Å². The SMILES string of the molecule is C=CC(=O)Nc1cccc(Nc2cc3c(N4CCCC4)nc(Nc4cccc(F)c4)nc3cn2)n1. The van der Waals surface area contributed by atoms with Crippen LogP contribution in [0.4, 0.5) is 39.3 Å². The molecule has 1 aliphatic heterocycles. The molecule has 0 bridgehead atoms. The normalized spacial score (nSPS) is 13.0. The van der Waals surface area contributed by atoms with Gasteiger partial charge < -0.3 is 20.9 Å². The molecule has 1 aliphatic rings. The topological polar surface area (TPSA) is 108 Å². The van der Waals surface area contributed by atoms with Crippen LogP contribution in [0.3, 0.4) is 0 Å². The molecule has 0 aliphatic carbocycles. The van der Waals surface area contributed by atoms with Crippen molar-refractivity contribution in [2.75, 3.05) is 33.9 Å². The predicted molar refractivity (Wildman–Crippen MR) is 135 cm³/mol. The smallest absolute Gasteiger partial charge is 0.248 e. The van der Waals surface area contributed by atoms with E-state index >= 15 is 0 Å². The van der Waals surface area contributed by atoms with Crippen molar-refractivity contribution in [3.05, 3.63) is 73.2 Å². The van der Waals surface area contributed by atoms with Crippen molar-refractivity contribution in [1.82, 2.24) is 19.9 Å². The van der Waals surface area contributed by atoms with E-state index in [-0.39, 0.29) is 11.7 Å². The van der Waals surface area contributed by atoms with E-state index < -0.39 is 0 Å². The number of nitrogens with zero attached hydrogens (tertiary/aromatic N) is 5. The molecule has 1 fully saturated rings. The molecule has 3 aromatic heterocycles. The Hall–Kier alpha value is -4.60. The summed E-state index contributed by atoms with van der Waals surface area (Å²) in [5.41, 5.74) is 1.23. The summed E-state index contributed by atoms with van der Waals surface area (Å²) >= 11 is 0. The number of nitrogens with one attached hydrogen (secondary N) is 3. The van der Waals surface area contributed by atoms with Crippen molar-refractivity contribution in [2.45, 2.75) is 12.8 Å². The Balaban J connectivity index is 1.48. The van der Waals surface area contributed by atoms with Gasteiger partial charge in [0.15, 0.2) is 0 Å². The van der Waals surface area contributed by atoms with Crippen LogP contribution in [0.5, 0.6) is 0 Å². The van der Waals surface area contributed by atoms with Gasteiger partial charge in [-0.1, -0.05) is 18.7 Å². The number of carbonyl (C=O) groups excluding carboxylic acids is 1. The van der Waals surface area contributed by atoms with Gasteiger partial charge in [-0.05, 0) is 55.3 Å². The molecule has 1 saturated heterocycles. The van der Waals surface area contributed by atoms with Gasteiger partial charge in [0.25, 0.3) is 0 Å². The second-order valence-electron chi connectivity index (χ2n) is 8.01. The molecule has 0 atom stereocenters. The summed E-state index contributed by atoms with van der Waals surface area (Å²) in [5, 5.41) is 9.75. The maximum absolute atomic E-state index is 13.6. The van der Waals surface area contributed by atoms with E-state index in [2.05, 4.69) is 42.4 Å². The molecular formula is C25H23FN8O. The number of rotatable bonds is 7. The molecule has 1 aromatic carbocycles. The van der Waals surface area contributed by atoms with Crippen molar-refractivity contribution < 1.29 is 9.18 Å². The Morgan fingerprint density at radius 3 is 2.57 bits per heavy atom. The van der Waals surface area contributed by atoms with Crippen LogP contribution in [0.15, 0.2) is 67.4 Å². The molecule has 35 heavy (non-hydrogen) atoms. The highest BCUT2D eigenvalue weighted by molar-refractivity contribution is 5.98. The number of hydrogen-bond acceptors (Lipinski definition) is 8. The monoisotopic (exact) mass is 470 g/mol. The fraction of sp³-hybridized carbons (Fsp3) is 0.160. The van der Waals surface area contributed by atoms with Crippen molar-refractivity contribution in [2.24, 2.45) is 0 Å². The van der Waals surface area contributed by atoms with Gasteiger partial charge in [0.05, 0.1) is 11.7 Å². The van der Waals surface area contributed by atoms with Gasteiger partial charge in [-0.2, -0.15) is 4.98 Å². The van der Waals surface area contributed by atoms with Gasteiger partial charge in [0.1, 0.15) is 29.1 Å². The van der Waals surface area contributed by atoms with Crippen LogP contribution in [-0.2, 0) is 4.79 Å². The van der Waals surface area contributed by atoms with Gasteiger partial charge in [-0.3, -0.25) is 4.79 Å². The van der Waals surface area contributed by atoms with Crippen molar-refractivity contribution in [3.63, 3.8) is 0 Å². The predicted octanol–water partition coefficient (Wildman–Crippen LogP) is 4.77. The summed E-state index contributed by atoms with van der Waals surface area (Å²) in [6.07, 6.45) is 5.02. The molecule has 4 heterocycles. The van der Waals surface area contributed by atoms with Gasteiger partial charge >= 0.3 is 0 Å². The Labute approximate surface area is 201 Å². The zero-order valence-corrected chi connectivity index (χ0v) is 18.8. The Kier molecular flexibility index (Phi) is 6.16. The number of hydrogen-bond donors (Lipinski definition) is 3. The average Bonchev–Trinajstić information content (AvgIpc) is 3.39. The number of aromatic nitrogens is 4. The fourth-order valence-electron chi connectivity index (χ4n) is 3.89. The van der Waals surface area contributed by atoms with E-state index in [1.54, 1.807) is 36.5 Å². The molecule has 0 saturated carbocycles. The van der Waals surface area contributed by atoms with E-state index in [1.165, 1.54) is 18.2 Å².